The highest BCUT2D eigenvalue weighted by Gasteiger charge is 2.34. The van der Waals surface area contributed by atoms with Crippen molar-refractivity contribution < 1.29 is 9.53 Å². The fraction of sp³-hybridized carbons (Fsp3) is 0.941. The summed E-state index contributed by atoms with van der Waals surface area (Å²) in [5, 5.41) is 3.68. The summed E-state index contributed by atoms with van der Waals surface area (Å²) in [5.41, 5.74) is -0.436. The second-order valence-corrected chi connectivity index (χ2v) is 7.97. The van der Waals surface area contributed by atoms with Gasteiger partial charge in [0.25, 0.3) is 0 Å². The van der Waals surface area contributed by atoms with Crippen LogP contribution >= 0.6 is 0 Å². The van der Waals surface area contributed by atoms with Gasteiger partial charge in [-0.15, -0.1) is 0 Å². The van der Waals surface area contributed by atoms with Crippen LogP contribution in [-0.2, 0) is 4.74 Å². The third-order valence-electron chi connectivity index (χ3n) is 4.64. The molecule has 0 aromatic heterocycles. The molecule has 0 aliphatic carbocycles. The fourth-order valence-electron chi connectivity index (χ4n) is 3.47. The van der Waals surface area contributed by atoms with Gasteiger partial charge < -0.3 is 19.9 Å². The van der Waals surface area contributed by atoms with E-state index in [1.54, 1.807) is 0 Å². The van der Waals surface area contributed by atoms with E-state index >= 15 is 0 Å². The van der Waals surface area contributed by atoms with E-state index < -0.39 is 5.60 Å². The van der Waals surface area contributed by atoms with Crippen molar-refractivity contribution in [2.75, 3.05) is 32.7 Å². The summed E-state index contributed by atoms with van der Waals surface area (Å²) in [6.07, 6.45) is 2.34. The van der Waals surface area contributed by atoms with Crippen LogP contribution in [0.15, 0.2) is 0 Å². The van der Waals surface area contributed by atoms with E-state index in [0.717, 1.165) is 12.5 Å². The molecular weight excluding hydrogens is 278 g/mol. The number of hydrogen-bond acceptors (Lipinski definition) is 4. The van der Waals surface area contributed by atoms with Gasteiger partial charge in [0, 0.05) is 31.7 Å². The van der Waals surface area contributed by atoms with E-state index in [2.05, 4.69) is 10.2 Å². The number of nitrogens with zero attached hydrogens (tertiary/aromatic N) is 2. The first-order chi connectivity index (χ1) is 10.3. The maximum atomic E-state index is 12.3. The van der Waals surface area contributed by atoms with E-state index in [1.807, 2.05) is 39.5 Å². The second-order valence-electron chi connectivity index (χ2n) is 7.97. The van der Waals surface area contributed by atoms with Crippen molar-refractivity contribution in [3.63, 3.8) is 0 Å². The normalized spacial score (nSPS) is 28.0. The summed E-state index contributed by atoms with van der Waals surface area (Å²) in [6, 6.07) is 0.774. The van der Waals surface area contributed by atoms with E-state index in [4.69, 9.17) is 4.74 Å². The maximum absolute atomic E-state index is 12.3. The van der Waals surface area contributed by atoms with Gasteiger partial charge in [0.15, 0.2) is 0 Å². The summed E-state index contributed by atoms with van der Waals surface area (Å²) >= 11 is 0. The highest BCUT2D eigenvalue weighted by atomic mass is 16.6. The molecule has 2 aliphatic rings. The van der Waals surface area contributed by atoms with Gasteiger partial charge in [0.05, 0.1) is 0 Å². The van der Waals surface area contributed by atoms with Crippen molar-refractivity contribution in [1.82, 2.24) is 15.1 Å². The molecule has 2 saturated heterocycles. The molecule has 0 aromatic rings. The Kier molecular flexibility index (Phi) is 5.72. The van der Waals surface area contributed by atoms with Gasteiger partial charge in [-0.25, -0.2) is 4.79 Å². The minimum Gasteiger partial charge on any atom is -0.444 e. The Morgan fingerprint density at radius 1 is 1.32 bits per heavy atom. The van der Waals surface area contributed by atoms with Crippen molar-refractivity contribution in [2.24, 2.45) is 5.92 Å². The maximum Gasteiger partial charge on any atom is 0.410 e. The Bertz CT molecular complexity index is 379. The third-order valence-corrected chi connectivity index (χ3v) is 4.64. The van der Waals surface area contributed by atoms with Crippen LogP contribution in [0.1, 0.15) is 47.5 Å². The Morgan fingerprint density at radius 3 is 2.64 bits per heavy atom. The molecule has 1 N–H and O–H groups in total. The molecule has 0 saturated carbocycles. The number of piperidine rings is 1. The predicted molar refractivity (Wildman–Crippen MR) is 89.0 cm³/mol. The van der Waals surface area contributed by atoms with Gasteiger partial charge in [0.1, 0.15) is 5.60 Å². The lowest BCUT2D eigenvalue weighted by molar-refractivity contribution is 0.0190. The van der Waals surface area contributed by atoms with Gasteiger partial charge >= 0.3 is 6.09 Å². The smallest absolute Gasteiger partial charge is 0.410 e. The summed E-state index contributed by atoms with van der Waals surface area (Å²) in [7, 11) is 0. The zero-order chi connectivity index (χ0) is 16.3. The Balaban J connectivity index is 1.78. The van der Waals surface area contributed by atoms with Crippen LogP contribution in [0.4, 0.5) is 4.79 Å². The Morgan fingerprint density at radius 2 is 2.00 bits per heavy atom. The molecule has 22 heavy (non-hydrogen) atoms. The number of ether oxygens (including phenoxy) is 1. The minimum atomic E-state index is -0.436. The van der Waals surface area contributed by atoms with Gasteiger partial charge in [-0.3, -0.25) is 0 Å². The van der Waals surface area contributed by atoms with Crippen molar-refractivity contribution in [3.05, 3.63) is 0 Å². The first-order valence-corrected chi connectivity index (χ1v) is 8.71. The molecule has 3 atom stereocenters. The fourth-order valence-corrected chi connectivity index (χ4v) is 3.47. The van der Waals surface area contributed by atoms with Crippen molar-refractivity contribution in [3.8, 4) is 0 Å². The van der Waals surface area contributed by atoms with Gasteiger partial charge in [-0.1, -0.05) is 0 Å². The topological polar surface area (TPSA) is 44.8 Å². The van der Waals surface area contributed by atoms with Crippen LogP contribution in [0, 0.1) is 5.92 Å². The lowest BCUT2D eigenvalue weighted by Gasteiger charge is -2.33. The van der Waals surface area contributed by atoms with Crippen LogP contribution in [0.2, 0.25) is 0 Å². The average molecular weight is 311 g/mol. The summed E-state index contributed by atoms with van der Waals surface area (Å²) in [4.78, 5) is 16.7. The van der Waals surface area contributed by atoms with Crippen LogP contribution < -0.4 is 5.32 Å². The monoisotopic (exact) mass is 311 g/mol. The number of amides is 1. The van der Waals surface area contributed by atoms with Crippen molar-refractivity contribution >= 4 is 6.09 Å². The van der Waals surface area contributed by atoms with E-state index in [1.165, 1.54) is 32.5 Å². The van der Waals surface area contributed by atoms with Crippen LogP contribution in [-0.4, -0.2) is 66.3 Å². The van der Waals surface area contributed by atoms with Crippen molar-refractivity contribution in [2.45, 2.75) is 65.1 Å². The standard InChI is InChI=1S/C17H33N3O2/c1-13(2)20(16(21)22-17(3,4)5)11-8-18-15-7-10-19-9-6-14(15)12-19/h13-15,18H,6-12H2,1-5H3. The zero-order valence-electron chi connectivity index (χ0n) is 14.9. The predicted octanol–water partition coefficient (Wildman–Crippen LogP) is 2.32. The van der Waals surface area contributed by atoms with Gasteiger partial charge in [0.2, 0.25) is 0 Å². The Labute approximate surface area is 135 Å². The molecule has 0 radical (unpaired) electrons. The van der Waals surface area contributed by atoms with E-state index in [9.17, 15) is 4.79 Å². The minimum absolute atomic E-state index is 0.157. The number of hydrogen-bond donors (Lipinski definition) is 1. The quantitative estimate of drug-likeness (QED) is 0.846. The molecule has 5 nitrogen and oxygen atoms in total. The summed E-state index contributed by atoms with van der Waals surface area (Å²) in [5.74, 6) is 0.794. The average Bonchev–Trinajstić information content (AvgIpc) is 2.76. The number of carbonyl (C=O) groups excluding carboxylic acids is 1. The molecule has 3 unspecified atom stereocenters. The summed E-state index contributed by atoms with van der Waals surface area (Å²) < 4.78 is 5.51. The number of fused-ring (bicyclic) bond motifs is 2. The van der Waals surface area contributed by atoms with Gasteiger partial charge in [-0.05, 0) is 66.5 Å². The Hall–Kier alpha value is -0.810. The first-order valence-electron chi connectivity index (χ1n) is 8.71. The molecule has 2 rings (SSSR count). The first kappa shape index (κ1) is 17.5. The van der Waals surface area contributed by atoms with E-state index in [-0.39, 0.29) is 12.1 Å². The van der Waals surface area contributed by atoms with Crippen molar-refractivity contribution in [1.29, 1.82) is 0 Å². The molecule has 5 heteroatoms. The van der Waals surface area contributed by atoms with E-state index in [0.29, 0.717) is 12.6 Å². The zero-order valence-corrected chi connectivity index (χ0v) is 14.9. The van der Waals surface area contributed by atoms with Crippen LogP contribution in [0.3, 0.4) is 0 Å². The molecule has 2 fully saturated rings. The largest absolute Gasteiger partial charge is 0.444 e. The lowest BCUT2D eigenvalue weighted by atomic mass is 9.94. The molecule has 0 aromatic carbocycles. The number of rotatable bonds is 5. The third kappa shape index (κ3) is 4.85. The molecule has 0 spiro atoms. The SMILES string of the molecule is CC(C)N(CCNC1CCN2CCC1C2)C(=O)OC(C)(C)C. The molecule has 1 amide bonds. The lowest BCUT2D eigenvalue weighted by Crippen LogP contribution is -2.48. The number of nitrogens with one attached hydrogen (secondary N) is 1. The summed E-state index contributed by atoms with van der Waals surface area (Å²) in [6.45, 7) is 15.1. The molecule has 2 heterocycles. The molecule has 128 valence electrons. The second kappa shape index (κ2) is 7.18. The molecule has 2 bridgehead atoms. The number of carbonyl (C=O) groups is 1. The van der Waals surface area contributed by atoms with Gasteiger partial charge in [-0.2, -0.15) is 0 Å². The van der Waals surface area contributed by atoms with Crippen LogP contribution in [0.5, 0.6) is 0 Å². The highest BCUT2D eigenvalue weighted by molar-refractivity contribution is 5.68. The highest BCUT2D eigenvalue weighted by Crippen LogP contribution is 2.26. The molecule has 2 aliphatic heterocycles. The molecular formula is C17H33N3O2. The van der Waals surface area contributed by atoms with Crippen LogP contribution in [0.25, 0.3) is 0 Å².